The Kier molecular flexibility index (Phi) is 5.59. The van der Waals surface area contributed by atoms with Crippen molar-refractivity contribution in [2.45, 2.75) is 13.2 Å². The third-order valence-corrected chi connectivity index (χ3v) is 3.68. The fourth-order valence-corrected chi connectivity index (χ4v) is 2.42. The highest BCUT2D eigenvalue weighted by Crippen LogP contribution is 2.19. The van der Waals surface area contributed by atoms with Gasteiger partial charge in [0.15, 0.2) is 0 Å². The summed E-state index contributed by atoms with van der Waals surface area (Å²) in [5, 5.41) is 0.310. The summed E-state index contributed by atoms with van der Waals surface area (Å²) in [6.07, 6.45) is 2.88. The van der Waals surface area contributed by atoms with Crippen LogP contribution in [0.5, 0.6) is 0 Å². The van der Waals surface area contributed by atoms with Crippen molar-refractivity contribution in [3.05, 3.63) is 89.3 Å². The second kappa shape index (κ2) is 8.26. The first-order valence-corrected chi connectivity index (χ1v) is 8.10. The van der Waals surface area contributed by atoms with Crippen LogP contribution in [0.4, 0.5) is 10.6 Å². The van der Waals surface area contributed by atoms with Gasteiger partial charge in [0.05, 0.1) is 6.54 Å². The van der Waals surface area contributed by atoms with Gasteiger partial charge in [-0.25, -0.2) is 9.78 Å². The number of nitrogens with zero attached hydrogens (tertiary/aromatic N) is 3. The van der Waals surface area contributed by atoms with Crippen molar-refractivity contribution in [1.29, 1.82) is 0 Å². The number of hydrogen-bond acceptors (Lipinski definition) is 4. The fourth-order valence-electron chi connectivity index (χ4n) is 2.26. The summed E-state index contributed by atoms with van der Waals surface area (Å²) < 4.78 is 5.44. The first-order valence-electron chi connectivity index (χ1n) is 7.72. The molecule has 0 N–H and O–H groups in total. The summed E-state index contributed by atoms with van der Waals surface area (Å²) in [7, 11) is 0. The monoisotopic (exact) mass is 353 g/mol. The van der Waals surface area contributed by atoms with Gasteiger partial charge in [0.25, 0.3) is 0 Å². The minimum absolute atomic E-state index is 0.184. The second-order valence-corrected chi connectivity index (χ2v) is 5.69. The van der Waals surface area contributed by atoms with Gasteiger partial charge >= 0.3 is 6.09 Å². The SMILES string of the molecule is O=C(OCc1ccccc1)N(Cc1cccnc1)c1cccc(Cl)n1. The van der Waals surface area contributed by atoms with E-state index in [1.165, 1.54) is 4.90 Å². The summed E-state index contributed by atoms with van der Waals surface area (Å²) in [5.41, 5.74) is 1.78. The molecule has 0 saturated heterocycles. The molecule has 6 heteroatoms. The molecule has 0 fully saturated rings. The maximum Gasteiger partial charge on any atom is 0.416 e. The molecule has 1 aromatic carbocycles. The predicted octanol–water partition coefficient (Wildman–Crippen LogP) is 4.47. The van der Waals surface area contributed by atoms with E-state index < -0.39 is 6.09 Å². The number of pyridine rings is 2. The van der Waals surface area contributed by atoms with E-state index in [4.69, 9.17) is 16.3 Å². The van der Waals surface area contributed by atoms with Gasteiger partial charge in [-0.05, 0) is 29.3 Å². The number of benzene rings is 1. The van der Waals surface area contributed by atoms with Gasteiger partial charge in [0.2, 0.25) is 0 Å². The lowest BCUT2D eigenvalue weighted by molar-refractivity contribution is 0.146. The third-order valence-electron chi connectivity index (χ3n) is 3.47. The average molecular weight is 354 g/mol. The Balaban J connectivity index is 1.78. The van der Waals surface area contributed by atoms with Crippen molar-refractivity contribution in [2.75, 3.05) is 4.90 Å². The summed E-state index contributed by atoms with van der Waals surface area (Å²) in [6.45, 7) is 0.471. The van der Waals surface area contributed by atoms with E-state index in [2.05, 4.69) is 9.97 Å². The zero-order valence-corrected chi connectivity index (χ0v) is 14.1. The Hall–Kier alpha value is -2.92. The van der Waals surface area contributed by atoms with E-state index in [9.17, 15) is 4.79 Å². The molecule has 126 valence electrons. The van der Waals surface area contributed by atoms with Crippen LogP contribution < -0.4 is 4.90 Å². The molecule has 2 heterocycles. The number of ether oxygens (including phenoxy) is 1. The molecular formula is C19H16ClN3O2. The molecular weight excluding hydrogens is 338 g/mol. The lowest BCUT2D eigenvalue weighted by Gasteiger charge is -2.21. The first-order chi connectivity index (χ1) is 12.2. The normalized spacial score (nSPS) is 10.3. The quantitative estimate of drug-likeness (QED) is 0.635. The number of hydrogen-bond donors (Lipinski definition) is 0. The van der Waals surface area contributed by atoms with E-state index >= 15 is 0 Å². The minimum atomic E-state index is -0.498. The Morgan fingerprint density at radius 3 is 2.52 bits per heavy atom. The number of aromatic nitrogens is 2. The summed E-state index contributed by atoms with van der Waals surface area (Å²) in [4.78, 5) is 22.4. The Morgan fingerprint density at radius 2 is 1.80 bits per heavy atom. The first kappa shape index (κ1) is 16.9. The van der Waals surface area contributed by atoms with Crippen LogP contribution in [0.1, 0.15) is 11.1 Å². The highest BCUT2D eigenvalue weighted by atomic mass is 35.5. The molecule has 0 atom stereocenters. The summed E-state index contributed by atoms with van der Waals surface area (Å²) in [5.74, 6) is 0.425. The lowest BCUT2D eigenvalue weighted by Crippen LogP contribution is -2.31. The molecule has 3 rings (SSSR count). The number of carbonyl (C=O) groups excluding carboxylic acids is 1. The molecule has 0 aliphatic heterocycles. The molecule has 1 amide bonds. The van der Waals surface area contributed by atoms with Crippen LogP contribution in [-0.2, 0) is 17.9 Å². The van der Waals surface area contributed by atoms with Crippen LogP contribution in [-0.4, -0.2) is 16.1 Å². The van der Waals surface area contributed by atoms with Crippen molar-refractivity contribution in [2.24, 2.45) is 0 Å². The molecule has 2 aromatic heterocycles. The van der Waals surface area contributed by atoms with E-state index in [1.54, 1.807) is 30.6 Å². The largest absolute Gasteiger partial charge is 0.444 e. The number of anilines is 1. The van der Waals surface area contributed by atoms with Crippen molar-refractivity contribution in [1.82, 2.24) is 9.97 Å². The van der Waals surface area contributed by atoms with Gasteiger partial charge in [0, 0.05) is 12.4 Å². The Bertz CT molecular complexity index is 828. The van der Waals surface area contributed by atoms with Crippen LogP contribution in [0.25, 0.3) is 0 Å². The van der Waals surface area contributed by atoms with Crippen molar-refractivity contribution in [3.8, 4) is 0 Å². The highest BCUT2D eigenvalue weighted by molar-refractivity contribution is 6.29. The Morgan fingerprint density at radius 1 is 1.00 bits per heavy atom. The molecule has 0 radical (unpaired) electrons. The van der Waals surface area contributed by atoms with Crippen molar-refractivity contribution < 1.29 is 9.53 Å². The van der Waals surface area contributed by atoms with Crippen LogP contribution in [0, 0.1) is 0 Å². The van der Waals surface area contributed by atoms with Crippen LogP contribution in [0.15, 0.2) is 73.1 Å². The van der Waals surface area contributed by atoms with E-state index in [0.29, 0.717) is 11.0 Å². The summed E-state index contributed by atoms with van der Waals surface area (Å²) >= 11 is 5.97. The second-order valence-electron chi connectivity index (χ2n) is 5.31. The average Bonchev–Trinajstić information content (AvgIpc) is 2.66. The molecule has 0 aliphatic rings. The van der Waals surface area contributed by atoms with E-state index in [-0.39, 0.29) is 13.2 Å². The van der Waals surface area contributed by atoms with Gasteiger partial charge < -0.3 is 4.74 Å². The maximum atomic E-state index is 12.6. The highest BCUT2D eigenvalue weighted by Gasteiger charge is 2.19. The van der Waals surface area contributed by atoms with Gasteiger partial charge in [-0.1, -0.05) is 54.1 Å². The smallest absolute Gasteiger partial charge is 0.416 e. The maximum absolute atomic E-state index is 12.6. The number of carbonyl (C=O) groups is 1. The molecule has 5 nitrogen and oxygen atoms in total. The third kappa shape index (κ3) is 4.78. The van der Waals surface area contributed by atoms with E-state index in [0.717, 1.165) is 11.1 Å². The van der Waals surface area contributed by atoms with Gasteiger partial charge in [0.1, 0.15) is 17.6 Å². The van der Waals surface area contributed by atoms with Gasteiger partial charge in [-0.15, -0.1) is 0 Å². The molecule has 0 aliphatic carbocycles. The molecule has 0 unspecified atom stereocenters. The van der Waals surface area contributed by atoms with Crippen LogP contribution >= 0.6 is 11.6 Å². The van der Waals surface area contributed by atoms with Crippen molar-refractivity contribution in [3.63, 3.8) is 0 Å². The number of rotatable bonds is 5. The Labute approximate surface area is 150 Å². The minimum Gasteiger partial charge on any atom is -0.444 e. The molecule has 0 bridgehead atoms. The predicted molar refractivity (Wildman–Crippen MR) is 96.3 cm³/mol. The van der Waals surface area contributed by atoms with Crippen LogP contribution in [0.3, 0.4) is 0 Å². The zero-order valence-electron chi connectivity index (χ0n) is 13.4. The zero-order chi connectivity index (χ0) is 17.5. The standard InChI is InChI=1S/C19H16ClN3O2/c20-17-9-4-10-18(22-17)23(13-16-8-5-11-21-12-16)19(24)25-14-15-6-2-1-3-7-15/h1-12H,13-14H2. The molecule has 3 aromatic rings. The fraction of sp³-hybridized carbons (Fsp3) is 0.105. The number of halogens is 1. The molecule has 0 saturated carbocycles. The topological polar surface area (TPSA) is 55.3 Å². The van der Waals surface area contributed by atoms with E-state index in [1.807, 2.05) is 42.5 Å². The van der Waals surface area contributed by atoms with Gasteiger partial charge in [-0.2, -0.15) is 0 Å². The van der Waals surface area contributed by atoms with Gasteiger partial charge in [-0.3, -0.25) is 9.88 Å². The lowest BCUT2D eigenvalue weighted by atomic mass is 10.2. The van der Waals surface area contributed by atoms with Crippen LogP contribution in [0.2, 0.25) is 5.15 Å². The molecule has 25 heavy (non-hydrogen) atoms. The molecule has 0 spiro atoms. The number of amides is 1. The summed E-state index contributed by atoms with van der Waals surface area (Å²) in [6, 6.07) is 18.3. The van der Waals surface area contributed by atoms with Crippen molar-refractivity contribution >= 4 is 23.5 Å².